The number of benzene rings is 2. The van der Waals surface area contributed by atoms with E-state index in [1.165, 1.54) is 12.1 Å². The van der Waals surface area contributed by atoms with E-state index in [1.807, 2.05) is 0 Å². The summed E-state index contributed by atoms with van der Waals surface area (Å²) in [5.74, 6) is 0.505. The predicted octanol–water partition coefficient (Wildman–Crippen LogP) is 4.97. The molecule has 2 aromatic rings. The number of carbonyl (C=O) groups is 1. The van der Waals surface area contributed by atoms with E-state index in [4.69, 9.17) is 23.2 Å². The van der Waals surface area contributed by atoms with Crippen LogP contribution in [0.2, 0.25) is 10.0 Å². The van der Waals surface area contributed by atoms with Crippen molar-refractivity contribution >= 4 is 40.9 Å². The van der Waals surface area contributed by atoms with Crippen LogP contribution >= 0.6 is 35.0 Å². The lowest BCUT2D eigenvalue weighted by molar-refractivity contribution is -0.120. The van der Waals surface area contributed by atoms with Crippen LogP contribution < -0.4 is 5.32 Å². The zero-order chi connectivity index (χ0) is 16.7. The van der Waals surface area contributed by atoms with Gasteiger partial charge >= 0.3 is 0 Å². The van der Waals surface area contributed by atoms with Gasteiger partial charge in [-0.15, -0.1) is 11.8 Å². The molecule has 0 fully saturated rings. The van der Waals surface area contributed by atoms with E-state index in [9.17, 15) is 9.18 Å². The van der Waals surface area contributed by atoms with Crippen molar-refractivity contribution in [3.8, 4) is 0 Å². The normalized spacial score (nSPS) is 10.6. The summed E-state index contributed by atoms with van der Waals surface area (Å²) < 4.78 is 12.8. The second-order valence-electron chi connectivity index (χ2n) is 4.88. The summed E-state index contributed by atoms with van der Waals surface area (Å²) in [6.45, 7) is 0.578. The summed E-state index contributed by atoms with van der Waals surface area (Å²) in [6, 6.07) is 11.6. The lowest BCUT2D eigenvalue weighted by Crippen LogP contribution is -2.26. The van der Waals surface area contributed by atoms with Crippen molar-refractivity contribution in [1.29, 1.82) is 0 Å². The molecule has 0 aliphatic heterocycles. The van der Waals surface area contributed by atoms with Crippen LogP contribution in [0, 0.1) is 5.82 Å². The summed E-state index contributed by atoms with van der Waals surface area (Å²) in [6.07, 6.45) is 0.994. The molecule has 0 aliphatic carbocycles. The van der Waals surface area contributed by atoms with Crippen molar-refractivity contribution in [2.24, 2.45) is 0 Å². The van der Waals surface area contributed by atoms with Gasteiger partial charge in [-0.3, -0.25) is 4.79 Å². The third kappa shape index (κ3) is 6.05. The Hall–Kier alpha value is -1.23. The van der Waals surface area contributed by atoms with Gasteiger partial charge in [0.25, 0.3) is 0 Å². The fourth-order valence-electron chi connectivity index (χ4n) is 1.95. The van der Waals surface area contributed by atoms with E-state index in [0.717, 1.165) is 17.1 Å². The van der Waals surface area contributed by atoms with Gasteiger partial charge < -0.3 is 5.32 Å². The molecule has 0 unspecified atom stereocenters. The molecule has 122 valence electrons. The second-order valence-corrected chi connectivity index (χ2v) is 6.87. The lowest BCUT2D eigenvalue weighted by atomic mass is 10.1. The minimum absolute atomic E-state index is 0.105. The standard InChI is InChI=1S/C17H16Cl2FNOS/c18-15-3-1-4-16(19)14(15)11-17(22)21-9-2-10-23-13-7-5-12(20)6-8-13/h1,3-8H,2,9-11H2,(H,21,22). The van der Waals surface area contributed by atoms with Gasteiger partial charge in [-0.25, -0.2) is 4.39 Å². The van der Waals surface area contributed by atoms with Crippen LogP contribution in [-0.2, 0) is 11.2 Å². The van der Waals surface area contributed by atoms with E-state index in [-0.39, 0.29) is 18.1 Å². The molecule has 2 nitrogen and oxygen atoms in total. The number of nitrogens with one attached hydrogen (secondary N) is 1. The zero-order valence-corrected chi connectivity index (χ0v) is 14.6. The predicted molar refractivity (Wildman–Crippen MR) is 94.9 cm³/mol. The highest BCUT2D eigenvalue weighted by Crippen LogP contribution is 2.24. The van der Waals surface area contributed by atoms with E-state index >= 15 is 0 Å². The quantitative estimate of drug-likeness (QED) is 0.549. The van der Waals surface area contributed by atoms with Crippen LogP contribution in [0.4, 0.5) is 4.39 Å². The van der Waals surface area contributed by atoms with Crippen LogP contribution in [0.1, 0.15) is 12.0 Å². The average molecular weight is 372 g/mol. The molecular formula is C17H16Cl2FNOS. The molecule has 2 aromatic carbocycles. The Morgan fingerprint density at radius 3 is 2.39 bits per heavy atom. The highest BCUT2D eigenvalue weighted by atomic mass is 35.5. The number of hydrogen-bond donors (Lipinski definition) is 1. The Balaban J connectivity index is 1.68. The minimum atomic E-state index is -0.236. The Kier molecular flexibility index (Phi) is 7.21. The average Bonchev–Trinajstić information content (AvgIpc) is 2.52. The van der Waals surface area contributed by atoms with Crippen LogP contribution in [-0.4, -0.2) is 18.2 Å². The molecule has 0 atom stereocenters. The smallest absolute Gasteiger partial charge is 0.224 e. The largest absolute Gasteiger partial charge is 0.356 e. The van der Waals surface area contributed by atoms with E-state index < -0.39 is 0 Å². The fraction of sp³-hybridized carbons (Fsp3) is 0.235. The van der Waals surface area contributed by atoms with Gasteiger partial charge in [0, 0.05) is 21.5 Å². The number of carbonyl (C=O) groups excluding carboxylic acids is 1. The molecule has 2 rings (SSSR count). The summed E-state index contributed by atoms with van der Waals surface area (Å²) >= 11 is 13.7. The first-order valence-corrected chi connectivity index (χ1v) is 8.88. The van der Waals surface area contributed by atoms with E-state index in [2.05, 4.69) is 5.32 Å². The lowest BCUT2D eigenvalue weighted by Gasteiger charge is -2.08. The minimum Gasteiger partial charge on any atom is -0.356 e. The molecule has 0 bridgehead atoms. The molecular weight excluding hydrogens is 356 g/mol. The monoisotopic (exact) mass is 371 g/mol. The van der Waals surface area contributed by atoms with Gasteiger partial charge in [-0.05, 0) is 54.1 Å². The number of rotatable bonds is 7. The van der Waals surface area contributed by atoms with Crippen LogP contribution in [0.5, 0.6) is 0 Å². The summed E-state index contributed by atoms with van der Waals surface area (Å²) in [5, 5.41) is 3.85. The summed E-state index contributed by atoms with van der Waals surface area (Å²) in [5.41, 5.74) is 0.647. The third-order valence-corrected chi connectivity index (χ3v) is 4.93. The Labute approximate surface area is 149 Å². The first kappa shape index (κ1) is 18.1. The molecule has 1 amide bonds. The van der Waals surface area contributed by atoms with E-state index in [0.29, 0.717) is 22.2 Å². The van der Waals surface area contributed by atoms with Crippen molar-refractivity contribution in [3.63, 3.8) is 0 Å². The molecule has 0 radical (unpaired) electrons. The highest BCUT2D eigenvalue weighted by molar-refractivity contribution is 7.99. The highest BCUT2D eigenvalue weighted by Gasteiger charge is 2.10. The van der Waals surface area contributed by atoms with Crippen molar-refractivity contribution in [2.45, 2.75) is 17.7 Å². The molecule has 0 spiro atoms. The zero-order valence-electron chi connectivity index (χ0n) is 12.3. The van der Waals surface area contributed by atoms with Crippen molar-refractivity contribution in [2.75, 3.05) is 12.3 Å². The number of halogens is 3. The number of amides is 1. The SMILES string of the molecule is O=C(Cc1c(Cl)cccc1Cl)NCCCSc1ccc(F)cc1. The molecule has 0 heterocycles. The second kappa shape index (κ2) is 9.16. The maximum atomic E-state index is 12.8. The molecule has 23 heavy (non-hydrogen) atoms. The molecule has 1 N–H and O–H groups in total. The van der Waals surface area contributed by atoms with Crippen molar-refractivity contribution < 1.29 is 9.18 Å². The maximum Gasteiger partial charge on any atom is 0.224 e. The van der Waals surface area contributed by atoms with Gasteiger partial charge in [0.1, 0.15) is 5.82 Å². The first-order valence-electron chi connectivity index (χ1n) is 7.14. The van der Waals surface area contributed by atoms with Crippen LogP contribution in [0.25, 0.3) is 0 Å². The third-order valence-electron chi connectivity index (χ3n) is 3.12. The Morgan fingerprint density at radius 2 is 1.74 bits per heavy atom. The topological polar surface area (TPSA) is 29.1 Å². The van der Waals surface area contributed by atoms with Gasteiger partial charge in [0.05, 0.1) is 6.42 Å². The molecule has 0 saturated heterocycles. The fourth-order valence-corrected chi connectivity index (χ4v) is 3.33. The number of thioether (sulfide) groups is 1. The first-order chi connectivity index (χ1) is 11.1. The Morgan fingerprint density at radius 1 is 1.09 bits per heavy atom. The summed E-state index contributed by atoms with van der Waals surface area (Å²) in [4.78, 5) is 12.9. The Bertz CT molecular complexity index is 644. The molecule has 6 heteroatoms. The number of hydrogen-bond acceptors (Lipinski definition) is 2. The van der Waals surface area contributed by atoms with Crippen LogP contribution in [0.3, 0.4) is 0 Å². The molecule has 0 aromatic heterocycles. The van der Waals surface area contributed by atoms with Gasteiger partial charge in [-0.2, -0.15) is 0 Å². The van der Waals surface area contributed by atoms with Crippen LogP contribution in [0.15, 0.2) is 47.4 Å². The van der Waals surface area contributed by atoms with Gasteiger partial charge in [-0.1, -0.05) is 29.3 Å². The van der Waals surface area contributed by atoms with Gasteiger partial charge in [0.15, 0.2) is 0 Å². The van der Waals surface area contributed by atoms with Crippen molar-refractivity contribution in [1.82, 2.24) is 5.32 Å². The van der Waals surface area contributed by atoms with Crippen molar-refractivity contribution in [3.05, 3.63) is 63.9 Å². The maximum absolute atomic E-state index is 12.8. The molecule has 0 saturated carbocycles. The molecule has 0 aliphatic rings. The van der Waals surface area contributed by atoms with Gasteiger partial charge in [0.2, 0.25) is 5.91 Å². The summed E-state index contributed by atoms with van der Waals surface area (Å²) in [7, 11) is 0. The van der Waals surface area contributed by atoms with E-state index in [1.54, 1.807) is 42.1 Å².